The summed E-state index contributed by atoms with van der Waals surface area (Å²) in [7, 11) is 1.86. The molecule has 3 aliphatic carbocycles. The molecule has 5 rings (SSSR count). The van der Waals surface area contributed by atoms with E-state index in [4.69, 9.17) is 4.74 Å². The van der Waals surface area contributed by atoms with Crippen molar-refractivity contribution in [3.05, 3.63) is 106 Å². The van der Waals surface area contributed by atoms with Crippen molar-refractivity contribution < 1.29 is 35.1 Å². The quantitative estimate of drug-likeness (QED) is 0.0494. The summed E-state index contributed by atoms with van der Waals surface area (Å²) in [5.74, 6) is -0.913. The molecule has 9 nitrogen and oxygen atoms in total. The number of allylic oxidation sites excluding steroid dienone is 9. The largest absolute Gasteiger partial charge is 0.396 e. The number of fused-ring (bicyclic) bond motifs is 5. The number of rotatable bonds is 13. The summed E-state index contributed by atoms with van der Waals surface area (Å²) in [6.45, 7) is 10.5. The topological polar surface area (TPSA) is 152 Å². The lowest BCUT2D eigenvalue weighted by atomic mass is 9.45. The Morgan fingerprint density at radius 1 is 1.17 bits per heavy atom. The lowest BCUT2D eigenvalue weighted by Gasteiger charge is -2.61. The smallest absolute Gasteiger partial charge is 0.145 e. The standard InChI is InChI=1S/C45H64N2O7/c1-29(36-13-12-30(2)43(52)47-32(4)22-33-9-7-10-34(23-33)24-36)8-6-11-38(27-54-28-50)39-16-18-45(42(39)51)41-35(17-21-48)14-15-37(40(41)31(3)26-49)25-44(45,53)19-20-46-5/h6-12,14-15,23,26,32,35-37,39,41-43,46-48,50-53H,1,13,16-22,24-25,27-28H2,2-5H3/b8-6+,30-12+,38-11-,40-31?/t32-,35-,36-,37-,39-,41-,42+,43+,44+,45+/m0/s1. The van der Waals surface area contributed by atoms with Crippen LogP contribution >= 0.6 is 0 Å². The van der Waals surface area contributed by atoms with Crippen molar-refractivity contribution in [1.29, 1.82) is 0 Å². The minimum Gasteiger partial charge on any atom is -0.396 e. The van der Waals surface area contributed by atoms with Crippen molar-refractivity contribution in [2.75, 3.05) is 33.6 Å². The van der Waals surface area contributed by atoms with Gasteiger partial charge in [0.1, 0.15) is 19.3 Å². The summed E-state index contributed by atoms with van der Waals surface area (Å²) < 4.78 is 5.58. The first-order valence-electron chi connectivity index (χ1n) is 19.9. The molecule has 1 aromatic carbocycles. The zero-order valence-electron chi connectivity index (χ0n) is 32.7. The van der Waals surface area contributed by atoms with Crippen LogP contribution in [0.5, 0.6) is 0 Å². The molecule has 0 radical (unpaired) electrons. The van der Waals surface area contributed by atoms with Crippen LogP contribution in [0, 0.1) is 35.0 Å². The van der Waals surface area contributed by atoms with Crippen molar-refractivity contribution in [2.45, 2.75) is 96.1 Å². The third kappa shape index (κ3) is 8.85. The van der Waals surface area contributed by atoms with Crippen LogP contribution < -0.4 is 10.6 Å². The fourth-order valence-electron chi connectivity index (χ4n) is 10.3. The normalized spacial score (nSPS) is 36.4. The average molecular weight is 745 g/mol. The van der Waals surface area contributed by atoms with E-state index in [1.807, 2.05) is 39.1 Å². The van der Waals surface area contributed by atoms with Gasteiger partial charge in [0.25, 0.3) is 0 Å². The van der Waals surface area contributed by atoms with Crippen LogP contribution in [0.2, 0.25) is 0 Å². The molecule has 296 valence electrons. The monoisotopic (exact) mass is 744 g/mol. The zero-order chi connectivity index (χ0) is 39.0. The number of aldehydes is 1. The van der Waals surface area contributed by atoms with E-state index in [9.17, 15) is 30.3 Å². The molecule has 0 aromatic heterocycles. The van der Waals surface area contributed by atoms with Gasteiger partial charge in [0, 0.05) is 29.9 Å². The van der Waals surface area contributed by atoms with E-state index in [2.05, 4.69) is 66.6 Å². The lowest BCUT2D eigenvalue weighted by Crippen LogP contribution is -2.65. The first-order valence-corrected chi connectivity index (χ1v) is 19.9. The Balaban J connectivity index is 1.49. The molecule has 4 bridgehead atoms. The number of benzene rings is 1. The Kier molecular flexibility index (Phi) is 14.6. The Hall–Kier alpha value is -2.99. The number of aliphatic hydroxyl groups is 5. The lowest BCUT2D eigenvalue weighted by molar-refractivity contribution is -0.194. The van der Waals surface area contributed by atoms with Crippen LogP contribution in [0.4, 0.5) is 0 Å². The second-order valence-electron chi connectivity index (χ2n) is 16.4. The predicted octanol–water partition coefficient (Wildman–Crippen LogP) is 4.86. The highest BCUT2D eigenvalue weighted by molar-refractivity contribution is 5.74. The summed E-state index contributed by atoms with van der Waals surface area (Å²) >= 11 is 0. The Morgan fingerprint density at radius 3 is 2.63 bits per heavy atom. The second-order valence-corrected chi connectivity index (χ2v) is 16.4. The third-order valence-corrected chi connectivity index (χ3v) is 13.0. The van der Waals surface area contributed by atoms with Crippen LogP contribution in [0.3, 0.4) is 0 Å². The van der Waals surface area contributed by atoms with Crippen LogP contribution in [0.25, 0.3) is 0 Å². The maximum absolute atomic E-state index is 12.8. The maximum Gasteiger partial charge on any atom is 0.145 e. The zero-order valence-corrected chi connectivity index (χ0v) is 32.7. The van der Waals surface area contributed by atoms with E-state index >= 15 is 0 Å². The van der Waals surface area contributed by atoms with Gasteiger partial charge in [0.2, 0.25) is 0 Å². The van der Waals surface area contributed by atoms with E-state index in [0.717, 1.165) is 41.4 Å². The third-order valence-electron chi connectivity index (χ3n) is 13.0. The van der Waals surface area contributed by atoms with E-state index < -0.39 is 30.1 Å². The molecule has 4 aliphatic rings. The molecule has 9 heteroatoms. The number of nitrogens with one attached hydrogen (secondary N) is 2. The molecule has 1 aromatic rings. The fraction of sp³-hybridized carbons (Fsp3) is 0.578. The number of aliphatic hydroxyl groups excluding tert-OH is 4. The number of carbonyl (C=O) groups is 1. The second kappa shape index (κ2) is 18.8. The molecular weight excluding hydrogens is 681 g/mol. The Morgan fingerprint density at radius 2 is 1.93 bits per heavy atom. The van der Waals surface area contributed by atoms with Gasteiger partial charge in [-0.25, -0.2) is 0 Å². The molecule has 0 unspecified atom stereocenters. The Labute approximate surface area is 322 Å². The summed E-state index contributed by atoms with van der Waals surface area (Å²) in [5, 5.41) is 62.7. The van der Waals surface area contributed by atoms with Gasteiger partial charge in [-0.2, -0.15) is 0 Å². The van der Waals surface area contributed by atoms with Crippen LogP contribution in [0.1, 0.15) is 70.4 Å². The minimum atomic E-state index is -1.24. The van der Waals surface area contributed by atoms with Gasteiger partial charge in [-0.05, 0) is 131 Å². The molecule has 10 atom stereocenters. The molecule has 2 saturated carbocycles. The first-order chi connectivity index (χ1) is 25.9. The van der Waals surface area contributed by atoms with E-state index in [1.54, 1.807) is 0 Å². The van der Waals surface area contributed by atoms with Gasteiger partial charge < -0.3 is 35.6 Å². The van der Waals surface area contributed by atoms with Gasteiger partial charge in [0.15, 0.2) is 0 Å². The van der Waals surface area contributed by atoms with Crippen LogP contribution in [0.15, 0.2) is 95.2 Å². The highest BCUT2D eigenvalue weighted by atomic mass is 16.6. The molecule has 2 fully saturated rings. The van der Waals surface area contributed by atoms with E-state index in [1.165, 1.54) is 11.1 Å². The van der Waals surface area contributed by atoms with Gasteiger partial charge in [-0.3, -0.25) is 10.1 Å². The maximum atomic E-state index is 12.8. The average Bonchev–Trinajstić information content (AvgIpc) is 3.50. The highest BCUT2D eigenvalue weighted by Crippen LogP contribution is 2.67. The summed E-state index contributed by atoms with van der Waals surface area (Å²) in [4.78, 5) is 12.3. The molecule has 1 spiro atoms. The van der Waals surface area contributed by atoms with Crippen LogP contribution in [-0.2, 0) is 22.4 Å². The van der Waals surface area contributed by atoms with Crippen molar-refractivity contribution >= 4 is 6.29 Å². The van der Waals surface area contributed by atoms with Gasteiger partial charge in [-0.1, -0.05) is 78.4 Å². The first kappa shape index (κ1) is 42.2. The van der Waals surface area contributed by atoms with Gasteiger partial charge in [-0.15, -0.1) is 0 Å². The summed E-state index contributed by atoms with van der Waals surface area (Å²) in [6.07, 6.45) is 16.1. The van der Waals surface area contributed by atoms with Crippen molar-refractivity contribution in [3.8, 4) is 0 Å². The van der Waals surface area contributed by atoms with Crippen LogP contribution in [-0.4, -0.2) is 89.4 Å². The number of carbonyl (C=O) groups excluding carboxylic acids is 1. The molecule has 1 aliphatic heterocycles. The van der Waals surface area contributed by atoms with Crippen molar-refractivity contribution in [3.63, 3.8) is 0 Å². The predicted molar refractivity (Wildman–Crippen MR) is 213 cm³/mol. The molecule has 0 saturated heterocycles. The van der Waals surface area contributed by atoms with E-state index in [0.29, 0.717) is 50.6 Å². The molecule has 54 heavy (non-hydrogen) atoms. The Bertz CT molecular complexity index is 1630. The minimum absolute atomic E-state index is 0.0449. The summed E-state index contributed by atoms with van der Waals surface area (Å²) in [6, 6.07) is 8.73. The fourth-order valence-corrected chi connectivity index (χ4v) is 10.3. The molecule has 1 heterocycles. The van der Waals surface area contributed by atoms with Gasteiger partial charge >= 0.3 is 0 Å². The van der Waals surface area contributed by atoms with Crippen molar-refractivity contribution in [1.82, 2.24) is 10.6 Å². The highest BCUT2D eigenvalue weighted by Gasteiger charge is 2.68. The number of ether oxygens (including phenoxy) is 1. The van der Waals surface area contributed by atoms with Crippen molar-refractivity contribution in [2.24, 2.45) is 35.0 Å². The van der Waals surface area contributed by atoms with Gasteiger partial charge in [0.05, 0.1) is 18.3 Å². The number of hydrogen-bond donors (Lipinski definition) is 7. The number of hydrogen-bond acceptors (Lipinski definition) is 9. The summed E-state index contributed by atoms with van der Waals surface area (Å²) in [5.41, 5.74) is 4.44. The van der Waals surface area contributed by atoms with E-state index in [-0.39, 0.29) is 48.8 Å². The molecular formula is C45H64N2O7. The molecule has 0 amide bonds. The SMILES string of the molecule is C=C(/C=C/C=C(/COCO)[C@@H]1CC[C@]2([C@@H]1O)[C@@H]1C(=C(C)C=O)[C@@H](C=C[C@H]1CCO)C[C@]2(O)CCNC)[C@H]1C/C=C(\C)[C@@H](O)N[C@@H](C)Cc2cccc(c2)C1. The molecule has 7 N–H and O–H groups in total.